The summed E-state index contributed by atoms with van der Waals surface area (Å²) in [5.74, 6) is 0. The lowest BCUT2D eigenvalue weighted by molar-refractivity contribution is 0.224. The molecule has 0 amide bonds. The van der Waals surface area contributed by atoms with Gasteiger partial charge in [-0.1, -0.05) is 31.7 Å². The van der Waals surface area contributed by atoms with Crippen LogP contribution in [0.2, 0.25) is 0 Å². The third-order valence-electron chi connectivity index (χ3n) is 2.27. The molecule has 0 aliphatic carbocycles. The minimum Gasteiger partial charge on any atom is -0.263 e. The lowest BCUT2D eigenvalue weighted by Gasteiger charge is -2.10. The van der Waals surface area contributed by atoms with Crippen molar-refractivity contribution in [2.24, 2.45) is 0 Å². The minimum atomic E-state index is -3.63. The molecule has 3 nitrogen and oxygen atoms in total. The molecule has 0 aliphatic rings. The molecule has 88 valence electrons. The number of rotatable bonds is 5. The molecule has 0 bridgehead atoms. The molecule has 16 heavy (non-hydrogen) atoms. The summed E-state index contributed by atoms with van der Waals surface area (Å²) < 4.78 is 28.5. The second kappa shape index (κ2) is 5.27. The maximum absolute atomic E-state index is 11.8. The highest BCUT2D eigenvalue weighted by molar-refractivity contribution is 7.86. The third kappa shape index (κ3) is 3.18. The highest BCUT2D eigenvalue weighted by Gasteiger charge is 2.17. The monoisotopic (exact) mass is 240 g/mol. The second-order valence-corrected chi connectivity index (χ2v) is 5.11. The highest BCUT2D eigenvalue weighted by atomic mass is 32.2. The highest BCUT2D eigenvalue weighted by Crippen LogP contribution is 2.16. The molecule has 0 saturated carbocycles. The normalized spacial score (nSPS) is 13.4. The maximum Gasteiger partial charge on any atom is 0.297 e. The first-order valence-electron chi connectivity index (χ1n) is 5.15. The predicted octanol–water partition coefficient (Wildman–Crippen LogP) is 2.83. The van der Waals surface area contributed by atoms with Gasteiger partial charge in [-0.3, -0.25) is 4.18 Å². The SMILES string of the molecule is C=Cc1ccc(S(=O)(=O)OC(C)CC)cc1. The van der Waals surface area contributed by atoms with Crippen LogP contribution < -0.4 is 0 Å². The fourth-order valence-corrected chi connectivity index (χ4v) is 2.26. The number of hydrogen-bond donors (Lipinski definition) is 0. The van der Waals surface area contributed by atoms with Crippen LogP contribution in [0.15, 0.2) is 35.7 Å². The van der Waals surface area contributed by atoms with E-state index >= 15 is 0 Å². The zero-order valence-corrected chi connectivity index (χ0v) is 10.3. The van der Waals surface area contributed by atoms with Crippen molar-refractivity contribution in [2.75, 3.05) is 0 Å². The lowest BCUT2D eigenvalue weighted by Crippen LogP contribution is -2.14. The molecule has 1 rings (SSSR count). The van der Waals surface area contributed by atoms with Crippen LogP contribution in [0.3, 0.4) is 0 Å². The van der Waals surface area contributed by atoms with E-state index < -0.39 is 10.1 Å². The van der Waals surface area contributed by atoms with Gasteiger partial charge in [0.05, 0.1) is 11.0 Å². The van der Waals surface area contributed by atoms with Crippen molar-refractivity contribution in [3.8, 4) is 0 Å². The zero-order valence-electron chi connectivity index (χ0n) is 9.51. The Labute approximate surface area is 96.9 Å². The number of benzene rings is 1. The van der Waals surface area contributed by atoms with E-state index in [2.05, 4.69) is 6.58 Å². The summed E-state index contributed by atoms with van der Waals surface area (Å²) in [6.07, 6.45) is 2.01. The quantitative estimate of drug-likeness (QED) is 0.743. The molecule has 1 unspecified atom stereocenters. The van der Waals surface area contributed by atoms with Gasteiger partial charge in [-0.2, -0.15) is 8.42 Å². The van der Waals surface area contributed by atoms with E-state index in [0.717, 1.165) is 5.56 Å². The predicted molar refractivity (Wildman–Crippen MR) is 64.6 cm³/mol. The van der Waals surface area contributed by atoms with Crippen LogP contribution in [0.25, 0.3) is 6.08 Å². The first kappa shape index (κ1) is 12.9. The smallest absolute Gasteiger partial charge is 0.263 e. The average molecular weight is 240 g/mol. The van der Waals surface area contributed by atoms with E-state index in [1.807, 2.05) is 6.92 Å². The summed E-state index contributed by atoms with van der Waals surface area (Å²) in [5, 5.41) is 0. The first-order chi connectivity index (χ1) is 7.49. The Kier molecular flexibility index (Phi) is 4.26. The third-order valence-corrected chi connectivity index (χ3v) is 3.70. The molecule has 0 aliphatic heterocycles. The van der Waals surface area contributed by atoms with Crippen LogP contribution in [0.1, 0.15) is 25.8 Å². The van der Waals surface area contributed by atoms with E-state index in [1.54, 1.807) is 25.1 Å². The van der Waals surface area contributed by atoms with Crippen molar-refractivity contribution < 1.29 is 12.6 Å². The van der Waals surface area contributed by atoms with E-state index in [0.29, 0.717) is 6.42 Å². The molecule has 1 atom stereocenters. The van der Waals surface area contributed by atoms with Gasteiger partial charge in [0, 0.05) is 0 Å². The lowest BCUT2D eigenvalue weighted by atomic mass is 10.2. The second-order valence-electron chi connectivity index (χ2n) is 3.54. The van der Waals surface area contributed by atoms with E-state index in [-0.39, 0.29) is 11.0 Å². The fourth-order valence-electron chi connectivity index (χ4n) is 1.11. The van der Waals surface area contributed by atoms with Crippen LogP contribution in [-0.4, -0.2) is 14.5 Å². The first-order valence-corrected chi connectivity index (χ1v) is 6.56. The molecule has 0 aromatic heterocycles. The molecule has 0 fully saturated rings. The summed E-state index contributed by atoms with van der Waals surface area (Å²) in [6, 6.07) is 6.43. The van der Waals surface area contributed by atoms with Gasteiger partial charge in [-0.15, -0.1) is 0 Å². The summed E-state index contributed by atoms with van der Waals surface area (Å²) in [6.45, 7) is 7.21. The molecule has 1 aromatic carbocycles. The molecule has 4 heteroatoms. The Morgan fingerprint density at radius 3 is 2.38 bits per heavy atom. The van der Waals surface area contributed by atoms with Crippen LogP contribution in [0.5, 0.6) is 0 Å². The molecule has 0 heterocycles. The Morgan fingerprint density at radius 2 is 1.94 bits per heavy atom. The topological polar surface area (TPSA) is 43.4 Å². The standard InChI is InChI=1S/C12H16O3S/c1-4-10(3)15-16(13,14)12-8-6-11(5-2)7-9-12/h5-10H,2,4H2,1,3H3. The van der Waals surface area contributed by atoms with Gasteiger partial charge in [-0.25, -0.2) is 0 Å². The van der Waals surface area contributed by atoms with Crippen molar-refractivity contribution >= 4 is 16.2 Å². The van der Waals surface area contributed by atoms with E-state index in [1.165, 1.54) is 12.1 Å². The Morgan fingerprint density at radius 1 is 1.38 bits per heavy atom. The fraction of sp³-hybridized carbons (Fsp3) is 0.333. The van der Waals surface area contributed by atoms with Crippen molar-refractivity contribution in [2.45, 2.75) is 31.3 Å². The van der Waals surface area contributed by atoms with Crippen molar-refractivity contribution in [3.05, 3.63) is 36.4 Å². The van der Waals surface area contributed by atoms with Crippen LogP contribution in [0, 0.1) is 0 Å². The Hall–Kier alpha value is -1.13. The van der Waals surface area contributed by atoms with Gasteiger partial charge < -0.3 is 0 Å². The van der Waals surface area contributed by atoms with Crippen LogP contribution in [-0.2, 0) is 14.3 Å². The van der Waals surface area contributed by atoms with E-state index in [9.17, 15) is 8.42 Å². The number of hydrogen-bond acceptors (Lipinski definition) is 3. The summed E-state index contributed by atoms with van der Waals surface area (Å²) >= 11 is 0. The van der Waals surface area contributed by atoms with Gasteiger partial charge in [0.1, 0.15) is 0 Å². The molecular weight excluding hydrogens is 224 g/mol. The van der Waals surface area contributed by atoms with Crippen LogP contribution in [0.4, 0.5) is 0 Å². The van der Waals surface area contributed by atoms with Crippen LogP contribution >= 0.6 is 0 Å². The molecule has 0 radical (unpaired) electrons. The largest absolute Gasteiger partial charge is 0.297 e. The summed E-state index contributed by atoms with van der Waals surface area (Å²) in [5.41, 5.74) is 0.877. The van der Waals surface area contributed by atoms with Crippen molar-refractivity contribution in [3.63, 3.8) is 0 Å². The Balaban J connectivity index is 2.94. The van der Waals surface area contributed by atoms with Gasteiger partial charge in [0.25, 0.3) is 10.1 Å². The minimum absolute atomic E-state index is 0.179. The van der Waals surface area contributed by atoms with E-state index in [4.69, 9.17) is 4.18 Å². The van der Waals surface area contributed by atoms with Gasteiger partial charge >= 0.3 is 0 Å². The zero-order chi connectivity index (χ0) is 12.2. The maximum atomic E-state index is 11.8. The van der Waals surface area contributed by atoms with Crippen molar-refractivity contribution in [1.82, 2.24) is 0 Å². The molecule has 1 aromatic rings. The average Bonchev–Trinajstić information content (AvgIpc) is 2.28. The van der Waals surface area contributed by atoms with Gasteiger partial charge in [0.15, 0.2) is 0 Å². The Bertz CT molecular complexity index is 446. The molecule has 0 saturated heterocycles. The molecular formula is C12H16O3S. The molecule has 0 N–H and O–H groups in total. The summed E-state index contributed by atoms with van der Waals surface area (Å²) in [4.78, 5) is 0.179. The van der Waals surface area contributed by atoms with Gasteiger partial charge in [-0.05, 0) is 31.0 Å². The van der Waals surface area contributed by atoms with Crippen molar-refractivity contribution in [1.29, 1.82) is 0 Å². The molecule has 0 spiro atoms. The summed E-state index contributed by atoms with van der Waals surface area (Å²) in [7, 11) is -3.63. The van der Waals surface area contributed by atoms with Gasteiger partial charge in [0.2, 0.25) is 0 Å².